The number of carbonyl (C=O) groups is 1. The largest absolute Gasteiger partial charge is 0.459 e. The third-order valence-electron chi connectivity index (χ3n) is 1.92. The molecular weight excluding hydrogens is 176 g/mol. The standard InChI is InChI=1S/C12H18O2/c1-9-5-7-10(8-6-9)11(13)14-12(2,3)4/h5-10H,1-4H3. The number of carbonyl (C=O) groups excluding carboxylic acids is 1. The number of esters is 1. The molecule has 1 rings (SSSR count). The summed E-state index contributed by atoms with van der Waals surface area (Å²) in [4.78, 5) is 11.6. The van der Waals surface area contributed by atoms with Crippen molar-refractivity contribution in [3.05, 3.63) is 24.3 Å². The lowest BCUT2D eigenvalue weighted by Gasteiger charge is -2.22. The zero-order chi connectivity index (χ0) is 10.8. The van der Waals surface area contributed by atoms with E-state index in [0.29, 0.717) is 5.92 Å². The smallest absolute Gasteiger partial charge is 0.317 e. The molecule has 1 aliphatic carbocycles. The molecule has 0 fully saturated rings. The number of rotatable bonds is 1. The van der Waals surface area contributed by atoms with E-state index in [-0.39, 0.29) is 11.9 Å². The number of hydrogen-bond donors (Lipinski definition) is 0. The molecular formula is C12H18O2. The van der Waals surface area contributed by atoms with E-state index in [1.54, 1.807) is 0 Å². The summed E-state index contributed by atoms with van der Waals surface area (Å²) in [5.74, 6) is 0.0519. The predicted octanol–water partition coefficient (Wildman–Crippen LogP) is 2.71. The van der Waals surface area contributed by atoms with Gasteiger partial charge in [-0.05, 0) is 26.7 Å². The Morgan fingerprint density at radius 3 is 2.07 bits per heavy atom. The molecule has 78 valence electrons. The van der Waals surface area contributed by atoms with Crippen LogP contribution in [0.15, 0.2) is 24.3 Å². The molecule has 0 aromatic rings. The Balaban J connectivity index is 2.55. The van der Waals surface area contributed by atoms with Crippen molar-refractivity contribution < 1.29 is 9.53 Å². The lowest BCUT2D eigenvalue weighted by molar-refractivity contribution is -0.156. The molecule has 2 nitrogen and oxygen atoms in total. The van der Waals surface area contributed by atoms with E-state index < -0.39 is 5.60 Å². The summed E-state index contributed by atoms with van der Waals surface area (Å²) in [5.41, 5.74) is -0.401. The highest BCUT2D eigenvalue weighted by Gasteiger charge is 2.22. The van der Waals surface area contributed by atoms with Gasteiger partial charge in [-0.25, -0.2) is 0 Å². The maximum absolute atomic E-state index is 11.6. The zero-order valence-corrected chi connectivity index (χ0v) is 9.28. The summed E-state index contributed by atoms with van der Waals surface area (Å²) in [6.45, 7) is 7.72. The van der Waals surface area contributed by atoms with Crippen LogP contribution in [0.1, 0.15) is 27.7 Å². The first kappa shape index (κ1) is 11.0. The Bertz CT molecular complexity index is 255. The average molecular weight is 194 g/mol. The maximum atomic E-state index is 11.6. The van der Waals surface area contributed by atoms with Gasteiger partial charge in [0, 0.05) is 0 Å². The third kappa shape index (κ3) is 3.36. The summed E-state index contributed by atoms with van der Waals surface area (Å²) in [6, 6.07) is 0. The minimum absolute atomic E-state index is 0.170. The summed E-state index contributed by atoms with van der Waals surface area (Å²) in [7, 11) is 0. The van der Waals surface area contributed by atoms with E-state index in [9.17, 15) is 4.79 Å². The Morgan fingerprint density at radius 1 is 1.14 bits per heavy atom. The summed E-state index contributed by atoms with van der Waals surface area (Å²) < 4.78 is 5.27. The SMILES string of the molecule is CC1C=CC(C(=O)OC(C)(C)C)C=C1. The molecule has 1 aliphatic rings. The first-order valence-corrected chi connectivity index (χ1v) is 4.98. The molecule has 0 unspecified atom stereocenters. The summed E-state index contributed by atoms with van der Waals surface area (Å²) in [5, 5.41) is 0. The predicted molar refractivity (Wildman–Crippen MR) is 56.8 cm³/mol. The highest BCUT2D eigenvalue weighted by atomic mass is 16.6. The van der Waals surface area contributed by atoms with Crippen LogP contribution in [0.4, 0.5) is 0 Å². The van der Waals surface area contributed by atoms with Gasteiger partial charge in [-0.2, -0.15) is 0 Å². The van der Waals surface area contributed by atoms with E-state index in [1.165, 1.54) is 0 Å². The van der Waals surface area contributed by atoms with Gasteiger partial charge in [0.1, 0.15) is 5.60 Å². The molecule has 0 amide bonds. The molecule has 2 heteroatoms. The molecule has 0 radical (unpaired) electrons. The van der Waals surface area contributed by atoms with Gasteiger partial charge in [0.05, 0.1) is 5.92 Å². The van der Waals surface area contributed by atoms with Crippen LogP contribution in [-0.4, -0.2) is 11.6 Å². The summed E-state index contributed by atoms with van der Waals surface area (Å²) in [6.07, 6.45) is 7.85. The van der Waals surface area contributed by atoms with Gasteiger partial charge in [-0.1, -0.05) is 31.2 Å². The van der Waals surface area contributed by atoms with E-state index in [4.69, 9.17) is 4.74 Å². The van der Waals surface area contributed by atoms with Gasteiger partial charge >= 0.3 is 5.97 Å². The van der Waals surface area contributed by atoms with Crippen molar-refractivity contribution >= 4 is 5.97 Å². The fourth-order valence-corrected chi connectivity index (χ4v) is 1.25. The second kappa shape index (κ2) is 3.99. The maximum Gasteiger partial charge on any atom is 0.317 e. The van der Waals surface area contributed by atoms with E-state index in [1.807, 2.05) is 45.1 Å². The molecule has 0 N–H and O–H groups in total. The van der Waals surface area contributed by atoms with Crippen molar-refractivity contribution in [3.63, 3.8) is 0 Å². The Morgan fingerprint density at radius 2 is 1.64 bits per heavy atom. The first-order valence-electron chi connectivity index (χ1n) is 4.98. The van der Waals surface area contributed by atoms with E-state index >= 15 is 0 Å². The highest BCUT2D eigenvalue weighted by Crippen LogP contribution is 2.18. The van der Waals surface area contributed by atoms with Gasteiger partial charge in [-0.15, -0.1) is 0 Å². The second-order valence-corrected chi connectivity index (χ2v) is 4.69. The van der Waals surface area contributed by atoms with Crippen molar-refractivity contribution in [2.24, 2.45) is 11.8 Å². The van der Waals surface area contributed by atoms with Gasteiger partial charge in [0.2, 0.25) is 0 Å². The highest BCUT2D eigenvalue weighted by molar-refractivity contribution is 5.77. The van der Waals surface area contributed by atoms with Crippen LogP contribution >= 0.6 is 0 Å². The van der Waals surface area contributed by atoms with Gasteiger partial charge in [0.15, 0.2) is 0 Å². The van der Waals surface area contributed by atoms with Crippen molar-refractivity contribution in [3.8, 4) is 0 Å². The third-order valence-corrected chi connectivity index (χ3v) is 1.92. The molecule has 0 aromatic heterocycles. The topological polar surface area (TPSA) is 26.3 Å². The first-order chi connectivity index (χ1) is 6.38. The molecule has 0 bridgehead atoms. The lowest BCUT2D eigenvalue weighted by atomic mass is 9.97. The van der Waals surface area contributed by atoms with Crippen molar-refractivity contribution in [2.45, 2.75) is 33.3 Å². The quantitative estimate of drug-likeness (QED) is 0.474. The van der Waals surface area contributed by atoms with Crippen molar-refractivity contribution in [2.75, 3.05) is 0 Å². The monoisotopic (exact) mass is 194 g/mol. The molecule has 0 saturated heterocycles. The zero-order valence-electron chi connectivity index (χ0n) is 9.28. The van der Waals surface area contributed by atoms with Crippen molar-refractivity contribution in [1.29, 1.82) is 0 Å². The van der Waals surface area contributed by atoms with Gasteiger partial charge < -0.3 is 4.74 Å². The van der Waals surface area contributed by atoms with E-state index in [0.717, 1.165) is 0 Å². The number of allylic oxidation sites excluding steroid dienone is 2. The fourth-order valence-electron chi connectivity index (χ4n) is 1.25. The Hall–Kier alpha value is -1.05. The lowest BCUT2D eigenvalue weighted by Crippen LogP contribution is -2.27. The molecule has 0 atom stereocenters. The minimum atomic E-state index is -0.401. The van der Waals surface area contributed by atoms with Crippen LogP contribution in [0.5, 0.6) is 0 Å². The molecule has 14 heavy (non-hydrogen) atoms. The summed E-state index contributed by atoms with van der Waals surface area (Å²) >= 11 is 0. The normalized spacial score (nSPS) is 26.3. The van der Waals surface area contributed by atoms with Crippen LogP contribution in [0, 0.1) is 11.8 Å². The Labute approximate surface area is 85.6 Å². The van der Waals surface area contributed by atoms with Crippen LogP contribution < -0.4 is 0 Å². The van der Waals surface area contributed by atoms with Crippen LogP contribution in [0.25, 0.3) is 0 Å². The number of hydrogen-bond acceptors (Lipinski definition) is 2. The van der Waals surface area contributed by atoms with Crippen LogP contribution in [0.2, 0.25) is 0 Å². The van der Waals surface area contributed by atoms with Gasteiger partial charge in [0.25, 0.3) is 0 Å². The van der Waals surface area contributed by atoms with Gasteiger partial charge in [-0.3, -0.25) is 4.79 Å². The molecule has 0 aliphatic heterocycles. The number of ether oxygens (including phenoxy) is 1. The Kier molecular flexibility index (Phi) is 3.14. The van der Waals surface area contributed by atoms with E-state index in [2.05, 4.69) is 6.92 Å². The fraction of sp³-hybridized carbons (Fsp3) is 0.583. The minimum Gasteiger partial charge on any atom is -0.459 e. The second-order valence-electron chi connectivity index (χ2n) is 4.69. The molecule has 0 aromatic carbocycles. The van der Waals surface area contributed by atoms with Crippen LogP contribution in [0.3, 0.4) is 0 Å². The van der Waals surface area contributed by atoms with Crippen molar-refractivity contribution in [1.82, 2.24) is 0 Å². The van der Waals surface area contributed by atoms with Crippen LogP contribution in [-0.2, 0) is 9.53 Å². The average Bonchev–Trinajstić information content (AvgIpc) is 2.02. The molecule has 0 saturated carbocycles. The molecule has 0 spiro atoms. The molecule has 0 heterocycles.